The van der Waals surface area contributed by atoms with E-state index in [-0.39, 0.29) is 20.7 Å². The van der Waals surface area contributed by atoms with Gasteiger partial charge in [0.05, 0.1) is 0 Å². The van der Waals surface area contributed by atoms with Crippen molar-refractivity contribution < 1.29 is 11.0 Å². The molecule has 2 aliphatic rings. The van der Waals surface area contributed by atoms with Crippen molar-refractivity contribution in [3.63, 3.8) is 0 Å². The molecule has 2 atom stereocenters. The van der Waals surface area contributed by atoms with Crippen LogP contribution in [0, 0.1) is 12.8 Å². The second-order valence-corrected chi connectivity index (χ2v) is 9.95. The van der Waals surface area contributed by atoms with E-state index in [1.165, 1.54) is 36.8 Å². The summed E-state index contributed by atoms with van der Waals surface area (Å²) in [5.74, 6) is 0.684. The Morgan fingerprint density at radius 1 is 0.914 bits per heavy atom. The lowest BCUT2D eigenvalue weighted by atomic mass is 9.78. The van der Waals surface area contributed by atoms with Gasteiger partial charge in [-0.15, -0.1) is 0 Å². The van der Waals surface area contributed by atoms with E-state index in [2.05, 4.69) is 35.3 Å². The van der Waals surface area contributed by atoms with Crippen LogP contribution in [0.2, 0.25) is 0 Å². The van der Waals surface area contributed by atoms with E-state index in [1.807, 2.05) is 42.5 Å². The first kappa shape index (κ1) is 25.0. The molecule has 1 saturated carbocycles. The fraction of sp³-hybridized carbons (Fsp3) is 0.419. The zero-order valence-corrected chi connectivity index (χ0v) is 20.1. The van der Waals surface area contributed by atoms with Gasteiger partial charge in [0, 0.05) is 31.7 Å². The number of fused-ring (bicyclic) bond motifs is 2. The van der Waals surface area contributed by atoms with Crippen LogP contribution in [-0.4, -0.2) is 35.8 Å². The monoisotopic (exact) mass is 472 g/mol. The smallest absolute Gasteiger partial charge is 0.254 e. The second-order valence-electron chi connectivity index (χ2n) is 9.95. The second kappa shape index (κ2) is 11.1. The van der Waals surface area contributed by atoms with Crippen LogP contribution in [0.15, 0.2) is 60.7 Å². The number of likely N-dealkylation sites (tertiary alicyclic amines) is 1. The number of piperidine rings is 1. The van der Waals surface area contributed by atoms with Crippen molar-refractivity contribution in [2.75, 3.05) is 13.1 Å². The van der Waals surface area contributed by atoms with E-state index in [4.69, 9.17) is 0 Å². The number of amides is 2. The van der Waals surface area contributed by atoms with Gasteiger partial charge >= 0.3 is 0 Å². The van der Waals surface area contributed by atoms with Crippen LogP contribution >= 0.6 is 0 Å². The Balaban J connectivity index is 0.00000180. The molecule has 3 aromatic rings. The molecule has 1 aliphatic heterocycles. The number of nitrogens with one attached hydrogen (secondary N) is 1. The molecule has 4 nitrogen and oxygen atoms in total. The van der Waals surface area contributed by atoms with E-state index in [9.17, 15) is 9.59 Å². The molecular formula is C31H40N2O2. The third kappa shape index (κ3) is 5.27. The maximum absolute atomic E-state index is 13.7. The van der Waals surface area contributed by atoms with Gasteiger partial charge in [0.2, 0.25) is 0 Å². The lowest BCUT2D eigenvalue weighted by Gasteiger charge is -2.44. The molecule has 1 aliphatic carbocycles. The highest BCUT2D eigenvalue weighted by Gasteiger charge is 2.36. The minimum atomic E-state index is -0.0897. The van der Waals surface area contributed by atoms with E-state index in [0.29, 0.717) is 24.1 Å². The van der Waals surface area contributed by atoms with Gasteiger partial charge in [0.15, 0.2) is 0 Å². The number of carbonyl (C=O) groups excluding carboxylic acids is 2. The summed E-state index contributed by atoms with van der Waals surface area (Å²) in [6, 6.07) is 20.3. The van der Waals surface area contributed by atoms with E-state index >= 15 is 0 Å². The van der Waals surface area contributed by atoms with E-state index < -0.39 is 0 Å². The number of nitrogens with zero attached hydrogens (tertiary/aromatic N) is 1. The lowest BCUT2D eigenvalue weighted by Crippen LogP contribution is -2.49. The van der Waals surface area contributed by atoms with E-state index in [1.54, 1.807) is 0 Å². The highest BCUT2D eigenvalue weighted by Crippen LogP contribution is 2.36. The average Bonchev–Trinajstić information content (AvgIpc) is 2.87. The van der Waals surface area contributed by atoms with Crippen molar-refractivity contribution >= 4 is 22.6 Å². The first-order chi connectivity index (χ1) is 16.6. The predicted molar refractivity (Wildman–Crippen MR) is 146 cm³/mol. The molecule has 1 heterocycles. The summed E-state index contributed by atoms with van der Waals surface area (Å²) in [5.41, 5.74) is 3.79. The quantitative estimate of drug-likeness (QED) is 0.444. The van der Waals surface area contributed by atoms with Crippen molar-refractivity contribution in [1.82, 2.24) is 10.2 Å². The molecule has 35 heavy (non-hydrogen) atoms. The average molecular weight is 473 g/mol. The van der Waals surface area contributed by atoms with Gasteiger partial charge in [-0.25, -0.2) is 0 Å². The molecular weight excluding hydrogens is 432 g/mol. The SMILES string of the molecule is C.Cc1cccc(CCNC(=O)c2ccc(C(=O)N3CCCC4CCCC[C@@H]43)c3ccccc23)c1.[HH]. The van der Waals surface area contributed by atoms with Gasteiger partial charge in [0.1, 0.15) is 0 Å². The summed E-state index contributed by atoms with van der Waals surface area (Å²) in [7, 11) is 0. The topological polar surface area (TPSA) is 49.4 Å². The molecule has 0 spiro atoms. The first-order valence-corrected chi connectivity index (χ1v) is 12.8. The Morgan fingerprint density at radius 3 is 2.43 bits per heavy atom. The van der Waals surface area contributed by atoms with Crippen LogP contribution in [0.3, 0.4) is 0 Å². The van der Waals surface area contributed by atoms with E-state index in [0.717, 1.165) is 42.1 Å². The molecule has 3 aromatic carbocycles. The minimum absolute atomic E-state index is 0. The number of hydrogen-bond acceptors (Lipinski definition) is 2. The Hall–Kier alpha value is -3.14. The van der Waals surface area contributed by atoms with Gasteiger partial charge in [-0.05, 0) is 73.4 Å². The normalized spacial score (nSPS) is 19.5. The largest absolute Gasteiger partial charge is 0.352 e. The number of aryl methyl sites for hydroxylation is 1. The number of carbonyl (C=O) groups is 2. The molecule has 0 radical (unpaired) electrons. The Labute approximate surface area is 211 Å². The standard InChI is InChI=1S/C30H34N2O2.CH4.H2/c1-21-8-6-9-22(20-21)17-18-31-29(33)26-15-16-27(25-13-4-3-12-24(25)26)30(34)32-19-7-11-23-10-2-5-14-28(23)32;;/h3-4,6,8-9,12-13,15-16,20,23,28H,2,5,7,10-11,14,17-19H2,1H3,(H,31,33);1H4;1H/t23?,28-;;/m0../s1. The van der Waals surface area contributed by atoms with Crippen molar-refractivity contribution in [1.29, 1.82) is 0 Å². The molecule has 1 N–H and O–H groups in total. The fourth-order valence-corrected chi connectivity index (χ4v) is 6.00. The molecule has 2 fully saturated rings. The molecule has 0 aromatic heterocycles. The van der Waals surface area contributed by atoms with Crippen molar-refractivity contribution in [3.8, 4) is 0 Å². The number of benzene rings is 3. The Bertz CT molecular complexity index is 1210. The highest BCUT2D eigenvalue weighted by atomic mass is 16.2. The summed E-state index contributed by atoms with van der Waals surface area (Å²) in [6.07, 6.45) is 8.00. The van der Waals surface area contributed by atoms with Crippen LogP contribution in [0.4, 0.5) is 0 Å². The molecule has 1 saturated heterocycles. The Morgan fingerprint density at radius 2 is 1.63 bits per heavy atom. The van der Waals surface area contributed by atoms with Crippen LogP contribution in [0.5, 0.6) is 0 Å². The van der Waals surface area contributed by atoms with Crippen LogP contribution < -0.4 is 5.32 Å². The van der Waals surface area contributed by atoms with Crippen LogP contribution in [0.1, 0.15) is 79.2 Å². The minimum Gasteiger partial charge on any atom is -0.352 e. The third-order valence-corrected chi connectivity index (χ3v) is 7.68. The summed E-state index contributed by atoms with van der Waals surface area (Å²) < 4.78 is 0. The molecule has 2 amide bonds. The third-order valence-electron chi connectivity index (χ3n) is 7.68. The van der Waals surface area contributed by atoms with Gasteiger partial charge in [-0.1, -0.05) is 74.4 Å². The number of hydrogen-bond donors (Lipinski definition) is 1. The van der Waals surface area contributed by atoms with Crippen molar-refractivity contribution in [2.24, 2.45) is 5.92 Å². The maximum atomic E-state index is 13.7. The fourth-order valence-electron chi connectivity index (χ4n) is 6.00. The Kier molecular flexibility index (Phi) is 7.90. The molecule has 5 rings (SSSR count). The van der Waals surface area contributed by atoms with Gasteiger partial charge < -0.3 is 10.2 Å². The lowest BCUT2D eigenvalue weighted by molar-refractivity contribution is 0.0392. The van der Waals surface area contributed by atoms with Crippen molar-refractivity contribution in [3.05, 3.63) is 82.9 Å². The van der Waals surface area contributed by atoms with Crippen LogP contribution in [0.25, 0.3) is 10.8 Å². The van der Waals surface area contributed by atoms with Crippen LogP contribution in [-0.2, 0) is 6.42 Å². The maximum Gasteiger partial charge on any atom is 0.254 e. The summed E-state index contributed by atoms with van der Waals surface area (Å²) in [5, 5.41) is 4.79. The molecule has 4 heteroatoms. The van der Waals surface area contributed by atoms with Gasteiger partial charge in [-0.3, -0.25) is 9.59 Å². The number of rotatable bonds is 5. The summed E-state index contributed by atoms with van der Waals surface area (Å²) >= 11 is 0. The van der Waals surface area contributed by atoms with Crippen molar-refractivity contribution in [2.45, 2.75) is 65.3 Å². The van der Waals surface area contributed by atoms with Gasteiger partial charge in [-0.2, -0.15) is 0 Å². The van der Waals surface area contributed by atoms with Gasteiger partial charge in [0.25, 0.3) is 11.8 Å². The summed E-state index contributed by atoms with van der Waals surface area (Å²) in [4.78, 5) is 28.9. The zero-order chi connectivity index (χ0) is 23.5. The molecule has 1 unspecified atom stereocenters. The zero-order valence-electron chi connectivity index (χ0n) is 20.1. The predicted octanol–water partition coefficient (Wildman–Crippen LogP) is 6.80. The molecule has 0 bridgehead atoms. The summed E-state index contributed by atoms with van der Waals surface area (Å²) in [6.45, 7) is 3.50. The molecule has 186 valence electrons. The highest BCUT2D eigenvalue weighted by molar-refractivity contribution is 6.14. The first-order valence-electron chi connectivity index (χ1n) is 12.8.